The van der Waals surface area contributed by atoms with E-state index >= 15 is 0 Å². The summed E-state index contributed by atoms with van der Waals surface area (Å²) in [6.07, 6.45) is -2.52. The summed E-state index contributed by atoms with van der Waals surface area (Å²) in [5, 5.41) is 7.61. The van der Waals surface area contributed by atoms with E-state index in [9.17, 15) is 26.4 Å². The number of aryl methyl sites for hydroxylation is 2. The number of nitrogens with zero attached hydrogens (tertiary/aromatic N) is 5. The fourth-order valence-corrected chi connectivity index (χ4v) is 6.75. The molecule has 1 amide bonds. The van der Waals surface area contributed by atoms with E-state index in [1.807, 2.05) is 29.8 Å². The van der Waals surface area contributed by atoms with Crippen LogP contribution < -0.4 is 10.2 Å². The summed E-state index contributed by atoms with van der Waals surface area (Å²) in [5.74, 6) is 0. The summed E-state index contributed by atoms with van der Waals surface area (Å²) >= 11 is 0. The van der Waals surface area contributed by atoms with Crippen molar-refractivity contribution in [1.82, 2.24) is 19.0 Å². The predicted octanol–water partition coefficient (Wildman–Crippen LogP) is 4.59. The molecule has 0 spiro atoms. The van der Waals surface area contributed by atoms with E-state index in [1.165, 1.54) is 23.5 Å². The molecular weight excluding hydrogens is 597 g/mol. The number of aromatic nitrogens is 2. The Morgan fingerprint density at radius 1 is 1.02 bits per heavy atom. The van der Waals surface area contributed by atoms with Gasteiger partial charge in [-0.15, -0.1) is 0 Å². The Bertz CT molecular complexity index is 1600. The zero-order chi connectivity index (χ0) is 31.6. The van der Waals surface area contributed by atoms with Gasteiger partial charge in [-0.25, -0.2) is 13.2 Å². The molecule has 0 atom stereocenters. The van der Waals surface area contributed by atoms with E-state index in [4.69, 9.17) is 9.84 Å². The Morgan fingerprint density at radius 3 is 2.36 bits per heavy atom. The van der Waals surface area contributed by atoms with Gasteiger partial charge in [0.05, 0.1) is 36.0 Å². The number of fused-ring (bicyclic) bond motifs is 1. The Balaban J connectivity index is 1.26. The van der Waals surface area contributed by atoms with Crippen LogP contribution in [-0.2, 0) is 40.4 Å². The third-order valence-corrected chi connectivity index (χ3v) is 9.50. The predicted molar refractivity (Wildman–Crippen MR) is 162 cm³/mol. The number of piperazine rings is 1. The lowest BCUT2D eigenvalue weighted by Gasteiger charge is -2.37. The maximum Gasteiger partial charge on any atom is 0.416 e. The van der Waals surface area contributed by atoms with Crippen LogP contribution >= 0.6 is 0 Å². The molecule has 0 aliphatic carbocycles. The Morgan fingerprint density at radius 2 is 1.73 bits per heavy atom. The standard InChI is InChI=1S/C30H37F3N6O4S/c1-21-6-4-7-25(34-29(40)43-2)28(21)37-18-16-36(17-19-37)13-5-14-39-26-12-15-38(44(3,41)42)20-24(26)27(35-39)22-8-10-23(11-9-22)30(31,32)33/h4,6-11H,5,12-20H2,1-3H3,(H,34,40). The number of halogens is 3. The van der Waals surface area contributed by atoms with Gasteiger partial charge in [-0.2, -0.15) is 22.6 Å². The number of benzene rings is 2. The molecule has 2 aliphatic rings. The van der Waals surface area contributed by atoms with Crippen molar-refractivity contribution in [2.24, 2.45) is 0 Å². The van der Waals surface area contributed by atoms with Crippen molar-refractivity contribution in [3.05, 3.63) is 64.8 Å². The number of anilines is 2. The van der Waals surface area contributed by atoms with E-state index in [0.717, 1.165) is 80.0 Å². The van der Waals surface area contributed by atoms with Crippen LogP contribution in [0.2, 0.25) is 0 Å². The van der Waals surface area contributed by atoms with Crippen molar-refractivity contribution < 1.29 is 31.1 Å². The molecular formula is C30H37F3N6O4S. The van der Waals surface area contributed by atoms with Crippen LogP contribution in [0.4, 0.5) is 29.3 Å². The van der Waals surface area contributed by atoms with Gasteiger partial charge in [0.25, 0.3) is 0 Å². The molecule has 14 heteroatoms. The molecule has 1 fully saturated rings. The second-order valence-electron chi connectivity index (χ2n) is 11.2. The molecule has 0 bridgehead atoms. The summed E-state index contributed by atoms with van der Waals surface area (Å²) in [5.41, 5.74) is 4.73. The molecule has 238 valence electrons. The fourth-order valence-electron chi connectivity index (χ4n) is 5.96. The first-order valence-corrected chi connectivity index (χ1v) is 16.3. The number of amides is 1. The minimum Gasteiger partial charge on any atom is -0.453 e. The summed E-state index contributed by atoms with van der Waals surface area (Å²) in [4.78, 5) is 16.5. The molecule has 0 saturated carbocycles. The maximum absolute atomic E-state index is 13.2. The summed E-state index contributed by atoms with van der Waals surface area (Å²) in [7, 11) is -2.11. The smallest absolute Gasteiger partial charge is 0.416 e. The van der Waals surface area contributed by atoms with Crippen LogP contribution in [-0.4, -0.2) is 86.1 Å². The normalized spacial score (nSPS) is 16.5. The van der Waals surface area contributed by atoms with Crippen molar-refractivity contribution >= 4 is 27.5 Å². The molecule has 3 aromatic rings. The Kier molecular flexibility index (Phi) is 9.23. The van der Waals surface area contributed by atoms with Gasteiger partial charge in [-0.05, 0) is 37.1 Å². The van der Waals surface area contributed by atoms with Gasteiger partial charge in [-0.1, -0.05) is 24.3 Å². The summed E-state index contributed by atoms with van der Waals surface area (Å²) < 4.78 is 72.1. The number of hydrogen-bond acceptors (Lipinski definition) is 7. The second kappa shape index (κ2) is 12.8. The highest BCUT2D eigenvalue weighted by Crippen LogP contribution is 2.35. The average molecular weight is 635 g/mol. The molecule has 0 unspecified atom stereocenters. The first kappa shape index (κ1) is 31.8. The average Bonchev–Trinajstić information content (AvgIpc) is 3.35. The number of hydrogen-bond donors (Lipinski definition) is 1. The van der Waals surface area contributed by atoms with Gasteiger partial charge < -0.3 is 9.64 Å². The van der Waals surface area contributed by atoms with Gasteiger partial charge in [0.1, 0.15) is 0 Å². The number of nitrogens with one attached hydrogen (secondary N) is 1. The van der Waals surface area contributed by atoms with E-state index in [1.54, 1.807) is 0 Å². The van der Waals surface area contributed by atoms with Crippen molar-refractivity contribution in [2.45, 2.75) is 39.0 Å². The largest absolute Gasteiger partial charge is 0.453 e. The van der Waals surface area contributed by atoms with Crippen LogP contribution in [0.1, 0.15) is 28.8 Å². The molecule has 5 rings (SSSR count). The molecule has 2 aromatic carbocycles. The molecule has 44 heavy (non-hydrogen) atoms. The topological polar surface area (TPSA) is 100 Å². The SMILES string of the molecule is COC(=O)Nc1cccc(C)c1N1CCN(CCCn2nc(-c3ccc(C(F)(F)F)cc3)c3c2CCN(S(C)(=O)=O)C3)CC1. The van der Waals surface area contributed by atoms with Crippen LogP contribution in [0, 0.1) is 6.92 Å². The zero-order valence-corrected chi connectivity index (χ0v) is 25.8. The minimum absolute atomic E-state index is 0.137. The number of ether oxygens (including phenoxy) is 1. The van der Waals surface area contributed by atoms with Crippen LogP contribution in [0.25, 0.3) is 11.3 Å². The fraction of sp³-hybridized carbons (Fsp3) is 0.467. The lowest BCUT2D eigenvalue weighted by atomic mass is 10.0. The van der Waals surface area contributed by atoms with Gasteiger partial charge >= 0.3 is 12.3 Å². The van der Waals surface area contributed by atoms with Gasteiger partial charge in [0, 0.05) is 75.6 Å². The molecule has 1 saturated heterocycles. The number of carbonyl (C=O) groups excluding carboxylic acids is 1. The van der Waals surface area contributed by atoms with Crippen molar-refractivity contribution in [2.75, 3.05) is 62.9 Å². The molecule has 2 aliphatic heterocycles. The molecule has 1 N–H and O–H groups in total. The number of rotatable bonds is 8. The number of carbonyl (C=O) groups is 1. The van der Waals surface area contributed by atoms with Gasteiger partial charge in [-0.3, -0.25) is 14.9 Å². The number of para-hydroxylation sites is 1. The summed E-state index contributed by atoms with van der Waals surface area (Å²) in [6, 6.07) is 10.6. The monoisotopic (exact) mass is 634 g/mol. The van der Waals surface area contributed by atoms with Crippen LogP contribution in [0.15, 0.2) is 42.5 Å². The molecule has 0 radical (unpaired) electrons. The maximum atomic E-state index is 13.2. The van der Waals surface area contributed by atoms with E-state index in [2.05, 4.69) is 15.1 Å². The van der Waals surface area contributed by atoms with Crippen molar-refractivity contribution in [3.8, 4) is 11.3 Å². The zero-order valence-electron chi connectivity index (χ0n) is 25.0. The number of alkyl halides is 3. The van der Waals surface area contributed by atoms with Gasteiger partial charge in [0.2, 0.25) is 10.0 Å². The highest BCUT2D eigenvalue weighted by atomic mass is 32.2. The highest BCUT2D eigenvalue weighted by molar-refractivity contribution is 7.88. The minimum atomic E-state index is -4.45. The van der Waals surface area contributed by atoms with Crippen molar-refractivity contribution in [1.29, 1.82) is 0 Å². The Hall–Kier alpha value is -3.62. The Labute approximate surface area is 255 Å². The number of sulfonamides is 1. The van der Waals surface area contributed by atoms with Crippen LogP contribution in [0.5, 0.6) is 0 Å². The lowest BCUT2D eigenvalue weighted by molar-refractivity contribution is -0.137. The third-order valence-electron chi connectivity index (χ3n) is 8.25. The van der Waals surface area contributed by atoms with Crippen LogP contribution in [0.3, 0.4) is 0 Å². The van der Waals surface area contributed by atoms with Gasteiger partial charge in [0.15, 0.2) is 0 Å². The van der Waals surface area contributed by atoms with E-state index in [-0.39, 0.29) is 6.54 Å². The van der Waals surface area contributed by atoms with E-state index in [0.29, 0.717) is 36.5 Å². The summed E-state index contributed by atoms with van der Waals surface area (Å²) in [6.45, 7) is 7.17. The first-order valence-electron chi connectivity index (χ1n) is 14.5. The lowest BCUT2D eigenvalue weighted by Crippen LogP contribution is -2.47. The first-order chi connectivity index (χ1) is 20.8. The molecule has 3 heterocycles. The third kappa shape index (κ3) is 7.02. The second-order valence-corrected chi connectivity index (χ2v) is 13.2. The van der Waals surface area contributed by atoms with E-state index < -0.39 is 27.9 Å². The molecule has 1 aromatic heterocycles. The quantitative estimate of drug-likeness (QED) is 0.387. The molecule has 10 nitrogen and oxygen atoms in total. The number of methoxy groups -OCH3 is 1. The van der Waals surface area contributed by atoms with Crippen molar-refractivity contribution in [3.63, 3.8) is 0 Å². The highest BCUT2D eigenvalue weighted by Gasteiger charge is 2.32.